The van der Waals surface area contributed by atoms with Gasteiger partial charge in [-0.05, 0) is 105 Å². The van der Waals surface area contributed by atoms with Crippen molar-refractivity contribution in [3.63, 3.8) is 0 Å². The number of ether oxygens (including phenoxy) is 3. The number of halogens is 1. The van der Waals surface area contributed by atoms with Gasteiger partial charge in [0.1, 0.15) is 12.2 Å². The minimum atomic E-state index is -0.503. The van der Waals surface area contributed by atoms with E-state index in [0.717, 1.165) is 81.8 Å². The number of morpholine rings is 1. The molecule has 1 aromatic carbocycles. The molecule has 2 aliphatic heterocycles. The Morgan fingerprint density at radius 1 is 0.958 bits per heavy atom. The summed E-state index contributed by atoms with van der Waals surface area (Å²) < 4.78 is 35.6. The first-order chi connectivity index (χ1) is 23.3. The number of fused-ring (bicyclic) bond motifs is 1. The molecule has 2 saturated heterocycles. The number of likely N-dealkylation sites (tertiary alicyclic amines) is 1. The number of ketones is 1. The van der Waals surface area contributed by atoms with E-state index in [4.69, 9.17) is 18.6 Å². The highest BCUT2D eigenvalue weighted by molar-refractivity contribution is 5.94. The van der Waals surface area contributed by atoms with Crippen molar-refractivity contribution in [1.82, 2.24) is 9.80 Å². The molecule has 264 valence electrons. The Morgan fingerprint density at radius 3 is 2.42 bits per heavy atom. The molecule has 3 heterocycles. The van der Waals surface area contributed by atoms with Crippen LogP contribution in [0.2, 0.25) is 0 Å². The van der Waals surface area contributed by atoms with E-state index in [1.165, 1.54) is 0 Å². The molecule has 1 amide bonds. The number of hydrogen-bond acceptors (Lipinski definition) is 8. The van der Waals surface area contributed by atoms with Crippen molar-refractivity contribution in [1.29, 1.82) is 0 Å². The van der Waals surface area contributed by atoms with E-state index < -0.39 is 12.0 Å². The van der Waals surface area contributed by atoms with Crippen molar-refractivity contribution >= 4 is 28.6 Å². The minimum Gasteiger partial charge on any atom is -0.458 e. The van der Waals surface area contributed by atoms with Gasteiger partial charge in [0.05, 0.1) is 32.0 Å². The number of esters is 1. The lowest BCUT2D eigenvalue weighted by Gasteiger charge is -2.37. The van der Waals surface area contributed by atoms with Gasteiger partial charge in [-0.3, -0.25) is 18.9 Å². The molecule has 2 saturated carbocycles. The molecule has 48 heavy (non-hydrogen) atoms. The maximum absolute atomic E-state index is 14.3. The van der Waals surface area contributed by atoms with E-state index in [1.807, 2.05) is 24.0 Å². The maximum atomic E-state index is 14.3. The molecular formula is C38H53FN2O7. The Labute approximate surface area is 283 Å². The lowest BCUT2D eigenvalue weighted by Crippen LogP contribution is -2.48. The minimum absolute atomic E-state index is 0.0309. The lowest BCUT2D eigenvalue weighted by molar-refractivity contribution is -0.143. The van der Waals surface area contributed by atoms with Crippen LogP contribution in [0.3, 0.4) is 0 Å². The van der Waals surface area contributed by atoms with Crippen molar-refractivity contribution in [3.05, 3.63) is 35.6 Å². The van der Waals surface area contributed by atoms with Crippen molar-refractivity contribution in [2.45, 2.75) is 83.3 Å². The van der Waals surface area contributed by atoms with Gasteiger partial charge < -0.3 is 23.5 Å². The van der Waals surface area contributed by atoms with Gasteiger partial charge in [-0.1, -0.05) is 13.0 Å². The van der Waals surface area contributed by atoms with Crippen LogP contribution in [0.5, 0.6) is 0 Å². The second kappa shape index (κ2) is 16.3. The Hall–Kier alpha value is -2.82. The van der Waals surface area contributed by atoms with Gasteiger partial charge in [0.2, 0.25) is 11.7 Å². The monoisotopic (exact) mass is 668 g/mol. The van der Waals surface area contributed by atoms with E-state index in [0.29, 0.717) is 43.7 Å². The predicted molar refractivity (Wildman–Crippen MR) is 179 cm³/mol. The second-order valence-electron chi connectivity index (χ2n) is 14.7. The molecule has 10 heteroatoms. The predicted octanol–water partition coefficient (Wildman–Crippen LogP) is 5.87. The van der Waals surface area contributed by atoms with Crippen molar-refractivity contribution in [2.75, 3.05) is 59.8 Å². The summed E-state index contributed by atoms with van der Waals surface area (Å²) in [5, 5.41) is 0.744. The zero-order valence-corrected chi connectivity index (χ0v) is 28.7. The molecule has 4 fully saturated rings. The van der Waals surface area contributed by atoms with Crippen LogP contribution in [-0.2, 0) is 30.2 Å². The summed E-state index contributed by atoms with van der Waals surface area (Å²) >= 11 is 0. The van der Waals surface area contributed by atoms with Crippen LogP contribution in [0.25, 0.3) is 11.0 Å². The molecule has 2 aliphatic carbocycles. The molecular weight excluding hydrogens is 615 g/mol. The SMILES string of the molecule is COC1CCC([C@@H]2CCN(C(=O)C3CCC([C@H](C)CF)CC3)[C@@H]2C(=O)Cc2ccc3oc(C(=O)OCCN4CCOCC4)cc3c2)CC1. The number of benzene rings is 1. The molecule has 4 aliphatic rings. The highest BCUT2D eigenvalue weighted by atomic mass is 19.1. The fraction of sp³-hybridized carbons (Fsp3) is 0.711. The normalized spacial score (nSPS) is 29.2. The van der Waals surface area contributed by atoms with Crippen molar-refractivity contribution in [3.8, 4) is 0 Å². The first kappa shape index (κ1) is 35.0. The molecule has 3 atom stereocenters. The van der Waals surface area contributed by atoms with Crippen LogP contribution in [0.15, 0.2) is 28.7 Å². The number of amides is 1. The highest BCUT2D eigenvalue weighted by Crippen LogP contribution is 2.42. The highest BCUT2D eigenvalue weighted by Gasteiger charge is 2.47. The van der Waals surface area contributed by atoms with Crippen molar-refractivity contribution in [2.24, 2.45) is 29.6 Å². The first-order valence-electron chi connectivity index (χ1n) is 18.3. The van der Waals surface area contributed by atoms with Crippen LogP contribution >= 0.6 is 0 Å². The molecule has 0 spiro atoms. The van der Waals surface area contributed by atoms with Crippen LogP contribution in [0.4, 0.5) is 4.39 Å². The summed E-state index contributed by atoms with van der Waals surface area (Å²) in [6.07, 6.45) is 8.58. The summed E-state index contributed by atoms with van der Waals surface area (Å²) in [5.74, 6) is 0.607. The largest absolute Gasteiger partial charge is 0.458 e. The van der Waals surface area contributed by atoms with Gasteiger partial charge in [-0.15, -0.1) is 0 Å². The number of nitrogens with zero attached hydrogens (tertiary/aromatic N) is 2. The van der Waals surface area contributed by atoms with Crippen LogP contribution in [0.1, 0.15) is 80.8 Å². The van der Waals surface area contributed by atoms with Gasteiger partial charge in [-0.25, -0.2) is 4.79 Å². The van der Waals surface area contributed by atoms with Crippen LogP contribution in [-0.4, -0.2) is 99.4 Å². The van der Waals surface area contributed by atoms with E-state index in [2.05, 4.69) is 4.90 Å². The third-order valence-corrected chi connectivity index (χ3v) is 11.8. The molecule has 0 N–H and O–H groups in total. The topological polar surface area (TPSA) is 98.5 Å². The Balaban J connectivity index is 1.13. The summed E-state index contributed by atoms with van der Waals surface area (Å²) in [5.41, 5.74) is 1.40. The van der Waals surface area contributed by atoms with E-state index >= 15 is 0 Å². The van der Waals surface area contributed by atoms with Gasteiger partial charge in [0.25, 0.3) is 0 Å². The van der Waals surface area contributed by atoms with E-state index in [1.54, 1.807) is 19.2 Å². The van der Waals surface area contributed by atoms with Gasteiger partial charge in [-0.2, -0.15) is 0 Å². The van der Waals surface area contributed by atoms with E-state index in [9.17, 15) is 18.8 Å². The smallest absolute Gasteiger partial charge is 0.374 e. The average molecular weight is 669 g/mol. The number of rotatable bonds is 12. The van der Waals surface area contributed by atoms with Gasteiger partial charge >= 0.3 is 5.97 Å². The Kier molecular flexibility index (Phi) is 11.9. The van der Waals surface area contributed by atoms with E-state index in [-0.39, 0.29) is 61.0 Å². The van der Waals surface area contributed by atoms with Crippen LogP contribution in [0, 0.1) is 29.6 Å². The number of Topliss-reactive ketones (excluding diaryl/α,β-unsaturated/α-hetero) is 1. The number of carbonyl (C=O) groups excluding carboxylic acids is 3. The summed E-state index contributed by atoms with van der Waals surface area (Å²) in [6.45, 7) is 6.23. The average Bonchev–Trinajstić information content (AvgIpc) is 3.77. The molecule has 6 rings (SSSR count). The zero-order chi connectivity index (χ0) is 33.6. The standard InChI is InChI=1S/C38H53FN2O7/c1-25(24-39)27-4-6-29(7-5-27)37(43)41-14-13-32(28-8-10-31(45-2)11-9-28)36(41)33(42)22-26-3-12-34-30(21-26)23-35(48-34)38(44)47-20-17-40-15-18-46-19-16-40/h3,12,21,23,25,27-29,31-32,36H,4-11,13-20,22,24H2,1-2H3/t25-,27?,28?,29?,31?,32+,36+/m1/s1. The zero-order valence-electron chi connectivity index (χ0n) is 28.7. The number of furan rings is 1. The molecule has 1 aromatic heterocycles. The Bertz CT molecular complexity index is 1390. The first-order valence-corrected chi connectivity index (χ1v) is 18.3. The quantitative estimate of drug-likeness (QED) is 0.259. The van der Waals surface area contributed by atoms with Crippen molar-refractivity contribution < 1.29 is 37.4 Å². The number of hydrogen-bond donors (Lipinski definition) is 0. The summed E-state index contributed by atoms with van der Waals surface area (Å²) in [6, 6.07) is 6.84. The fourth-order valence-electron chi connectivity index (χ4n) is 8.79. The molecule has 9 nitrogen and oxygen atoms in total. The number of alkyl halides is 1. The number of carbonyl (C=O) groups is 3. The number of methoxy groups -OCH3 is 1. The summed E-state index contributed by atoms with van der Waals surface area (Å²) in [4.78, 5) is 45.2. The third kappa shape index (κ3) is 8.13. The molecule has 2 aromatic rings. The maximum Gasteiger partial charge on any atom is 0.374 e. The van der Waals surface area contributed by atoms with Crippen LogP contribution < -0.4 is 0 Å². The third-order valence-electron chi connectivity index (χ3n) is 11.8. The fourth-order valence-corrected chi connectivity index (χ4v) is 8.79. The Morgan fingerprint density at radius 2 is 1.71 bits per heavy atom. The molecule has 0 radical (unpaired) electrons. The molecule has 0 bridgehead atoms. The summed E-state index contributed by atoms with van der Waals surface area (Å²) in [7, 11) is 1.77. The lowest BCUT2D eigenvalue weighted by atomic mass is 9.74. The second-order valence-corrected chi connectivity index (χ2v) is 14.7. The van der Waals surface area contributed by atoms with Gasteiger partial charge in [0.15, 0.2) is 5.78 Å². The van der Waals surface area contributed by atoms with Gasteiger partial charge in [0, 0.05) is 51.0 Å². The molecule has 0 unspecified atom stereocenters.